The van der Waals surface area contributed by atoms with Crippen LogP contribution < -0.4 is 19.5 Å². The molecule has 0 fully saturated rings. The lowest BCUT2D eigenvalue weighted by Gasteiger charge is -2.34. The number of pyridine rings is 1. The molecule has 0 bridgehead atoms. The monoisotopic (exact) mass is 538 g/mol. The van der Waals surface area contributed by atoms with Crippen LogP contribution in [0.2, 0.25) is 0 Å². The Morgan fingerprint density at radius 1 is 0.923 bits per heavy atom. The van der Waals surface area contributed by atoms with Gasteiger partial charge in [-0.3, -0.25) is 15.1 Å². The van der Waals surface area contributed by atoms with E-state index in [2.05, 4.69) is 10.3 Å². The molecule has 0 aliphatic rings. The van der Waals surface area contributed by atoms with Gasteiger partial charge >= 0.3 is 11.9 Å². The Morgan fingerprint density at radius 2 is 1.64 bits per heavy atom. The van der Waals surface area contributed by atoms with Crippen LogP contribution in [0, 0.1) is 0 Å². The van der Waals surface area contributed by atoms with Crippen LogP contribution in [0.15, 0.2) is 67.0 Å². The Balaban J connectivity index is 1.67. The van der Waals surface area contributed by atoms with Crippen molar-refractivity contribution >= 4 is 11.9 Å². The summed E-state index contributed by atoms with van der Waals surface area (Å²) in [6.07, 6.45) is 3.87. The third-order valence-electron chi connectivity index (χ3n) is 6.15. The Bertz CT molecular complexity index is 1180. The van der Waals surface area contributed by atoms with Gasteiger partial charge in [-0.1, -0.05) is 43.3 Å². The first-order valence-electron chi connectivity index (χ1n) is 12.4. The van der Waals surface area contributed by atoms with E-state index in [1.807, 2.05) is 43.3 Å². The molecular formula is C29H34N2O8. The van der Waals surface area contributed by atoms with Crippen molar-refractivity contribution in [3.8, 4) is 17.2 Å². The molecule has 0 aliphatic heterocycles. The van der Waals surface area contributed by atoms with Gasteiger partial charge in [-0.25, -0.2) is 4.79 Å². The molecule has 2 aromatic carbocycles. The van der Waals surface area contributed by atoms with E-state index in [-0.39, 0.29) is 32.1 Å². The van der Waals surface area contributed by atoms with Crippen LogP contribution in [0.4, 0.5) is 0 Å². The number of methoxy groups -OCH3 is 3. The second-order valence-corrected chi connectivity index (χ2v) is 8.49. The summed E-state index contributed by atoms with van der Waals surface area (Å²) in [4.78, 5) is 29.6. The van der Waals surface area contributed by atoms with E-state index < -0.39 is 17.5 Å². The van der Waals surface area contributed by atoms with Crippen molar-refractivity contribution in [1.29, 1.82) is 0 Å². The van der Waals surface area contributed by atoms with Gasteiger partial charge in [0.15, 0.2) is 18.3 Å². The molecule has 208 valence electrons. The summed E-state index contributed by atoms with van der Waals surface area (Å²) in [6, 6.07) is 16.2. The lowest BCUT2D eigenvalue weighted by Crippen LogP contribution is -2.48. The highest BCUT2D eigenvalue weighted by atomic mass is 16.7. The van der Waals surface area contributed by atoms with E-state index in [9.17, 15) is 9.59 Å². The highest BCUT2D eigenvalue weighted by Gasteiger charge is 2.33. The fourth-order valence-electron chi connectivity index (χ4n) is 3.94. The smallest absolute Gasteiger partial charge is 0.338 e. The topological polar surface area (TPSA) is 114 Å². The predicted octanol–water partition coefficient (Wildman–Crippen LogP) is 3.88. The number of ether oxygens (including phenoxy) is 6. The van der Waals surface area contributed by atoms with Crippen LogP contribution in [0.1, 0.15) is 34.8 Å². The first kappa shape index (κ1) is 29.4. The minimum absolute atomic E-state index is 0.0478. The SMILES string of the molecule is CC[C@](COC(=O)c1cc(OC)c(OC)c(OC)c1)(NCC(=O)OCOCc1cccnc1)c1ccccc1. The molecule has 1 heterocycles. The van der Waals surface area contributed by atoms with Crippen molar-refractivity contribution in [3.63, 3.8) is 0 Å². The molecule has 3 rings (SSSR count). The third kappa shape index (κ3) is 7.92. The van der Waals surface area contributed by atoms with E-state index in [4.69, 9.17) is 28.4 Å². The summed E-state index contributed by atoms with van der Waals surface area (Å²) in [5, 5.41) is 3.24. The summed E-state index contributed by atoms with van der Waals surface area (Å²) in [6.45, 7) is 1.84. The number of rotatable bonds is 15. The molecule has 39 heavy (non-hydrogen) atoms. The minimum atomic E-state index is -0.854. The molecule has 1 N–H and O–H groups in total. The summed E-state index contributed by atoms with van der Waals surface area (Å²) in [5.74, 6) is -0.0594. The molecule has 0 saturated heterocycles. The Kier molecular flexibility index (Phi) is 11.1. The van der Waals surface area contributed by atoms with Crippen molar-refractivity contribution in [1.82, 2.24) is 10.3 Å². The fraction of sp³-hybridized carbons (Fsp3) is 0.345. The van der Waals surface area contributed by atoms with Gasteiger partial charge in [0.05, 0.1) is 45.6 Å². The zero-order valence-corrected chi connectivity index (χ0v) is 22.6. The maximum Gasteiger partial charge on any atom is 0.338 e. The maximum atomic E-state index is 13.1. The highest BCUT2D eigenvalue weighted by Crippen LogP contribution is 2.38. The van der Waals surface area contributed by atoms with Crippen molar-refractivity contribution in [2.75, 3.05) is 41.3 Å². The van der Waals surface area contributed by atoms with Crippen LogP contribution in [-0.4, -0.2) is 58.2 Å². The van der Waals surface area contributed by atoms with Gasteiger partial charge in [-0.15, -0.1) is 0 Å². The molecule has 1 atom stereocenters. The normalized spacial score (nSPS) is 12.2. The molecule has 0 saturated carbocycles. The van der Waals surface area contributed by atoms with Crippen LogP contribution in [0.3, 0.4) is 0 Å². The van der Waals surface area contributed by atoms with Crippen LogP contribution in [0.5, 0.6) is 17.2 Å². The zero-order chi connectivity index (χ0) is 28.1. The highest BCUT2D eigenvalue weighted by molar-refractivity contribution is 5.91. The Hall–Kier alpha value is -4.15. The first-order chi connectivity index (χ1) is 19.0. The molecule has 10 heteroatoms. The molecule has 0 unspecified atom stereocenters. The van der Waals surface area contributed by atoms with E-state index in [0.29, 0.717) is 23.7 Å². The number of carbonyl (C=O) groups excluding carboxylic acids is 2. The Labute approximate surface area is 228 Å². The van der Waals surface area contributed by atoms with Crippen molar-refractivity contribution < 1.29 is 38.0 Å². The van der Waals surface area contributed by atoms with Crippen LogP contribution >= 0.6 is 0 Å². The number of aromatic nitrogens is 1. The second kappa shape index (κ2) is 14.7. The van der Waals surface area contributed by atoms with Gasteiger partial charge in [0.2, 0.25) is 5.75 Å². The Morgan fingerprint density at radius 3 is 2.23 bits per heavy atom. The fourth-order valence-corrected chi connectivity index (χ4v) is 3.94. The maximum absolute atomic E-state index is 13.1. The molecule has 0 radical (unpaired) electrons. The number of benzene rings is 2. The van der Waals surface area contributed by atoms with Gasteiger partial charge in [-0.05, 0) is 35.7 Å². The van der Waals surface area contributed by atoms with Crippen LogP contribution in [0.25, 0.3) is 0 Å². The lowest BCUT2D eigenvalue weighted by atomic mass is 9.88. The summed E-state index contributed by atoms with van der Waals surface area (Å²) in [5.41, 5.74) is 1.10. The standard InChI is InChI=1S/C29H34N2O8/c1-5-29(23-11-7-6-8-12-23,31-17-26(32)39-20-37-18-21-10-9-13-30-16-21)19-38-28(33)22-14-24(34-2)27(36-4)25(15-22)35-3/h6-16,31H,5,17-20H2,1-4H3/t29-/m1/s1. The summed E-state index contributed by atoms with van der Waals surface area (Å²) >= 11 is 0. The number of hydrogen-bond donors (Lipinski definition) is 1. The molecule has 10 nitrogen and oxygen atoms in total. The molecule has 0 aliphatic carbocycles. The second-order valence-electron chi connectivity index (χ2n) is 8.49. The molecule has 3 aromatic rings. The van der Waals surface area contributed by atoms with E-state index in [0.717, 1.165) is 11.1 Å². The average Bonchev–Trinajstić information content (AvgIpc) is 2.99. The van der Waals surface area contributed by atoms with E-state index in [1.54, 1.807) is 18.5 Å². The largest absolute Gasteiger partial charge is 0.493 e. The van der Waals surface area contributed by atoms with Crippen molar-refractivity contribution in [2.45, 2.75) is 25.5 Å². The average molecular weight is 539 g/mol. The van der Waals surface area contributed by atoms with Crippen molar-refractivity contribution in [2.24, 2.45) is 0 Å². The number of hydrogen-bond acceptors (Lipinski definition) is 10. The third-order valence-corrected chi connectivity index (χ3v) is 6.15. The lowest BCUT2D eigenvalue weighted by molar-refractivity contribution is -0.156. The molecule has 0 amide bonds. The molecule has 0 spiro atoms. The number of esters is 2. The number of nitrogens with one attached hydrogen (secondary N) is 1. The quantitative estimate of drug-likeness (QED) is 0.174. The van der Waals surface area contributed by atoms with Gasteiger partial charge in [-0.2, -0.15) is 0 Å². The van der Waals surface area contributed by atoms with E-state index >= 15 is 0 Å². The zero-order valence-electron chi connectivity index (χ0n) is 22.6. The summed E-state index contributed by atoms with van der Waals surface area (Å²) in [7, 11) is 4.42. The molecule has 1 aromatic heterocycles. The van der Waals surface area contributed by atoms with Gasteiger partial charge in [0.1, 0.15) is 6.61 Å². The number of nitrogens with zero attached hydrogens (tertiary/aromatic N) is 1. The van der Waals surface area contributed by atoms with Gasteiger partial charge < -0.3 is 28.4 Å². The summed E-state index contributed by atoms with van der Waals surface area (Å²) < 4.78 is 32.4. The molecular weight excluding hydrogens is 504 g/mol. The number of carbonyl (C=O) groups is 2. The van der Waals surface area contributed by atoms with E-state index in [1.165, 1.54) is 33.5 Å². The van der Waals surface area contributed by atoms with Gasteiger partial charge in [0.25, 0.3) is 0 Å². The first-order valence-corrected chi connectivity index (χ1v) is 12.4. The van der Waals surface area contributed by atoms with Crippen molar-refractivity contribution in [3.05, 3.63) is 83.7 Å². The predicted molar refractivity (Wildman–Crippen MR) is 143 cm³/mol. The minimum Gasteiger partial charge on any atom is -0.493 e. The van der Waals surface area contributed by atoms with Gasteiger partial charge in [0, 0.05) is 12.4 Å². The van der Waals surface area contributed by atoms with Crippen LogP contribution in [-0.2, 0) is 31.2 Å².